The number of ether oxygens (including phenoxy) is 2. The van der Waals surface area contributed by atoms with Gasteiger partial charge in [-0.2, -0.15) is 0 Å². The van der Waals surface area contributed by atoms with Crippen LogP contribution in [0.1, 0.15) is 51.4 Å². The summed E-state index contributed by atoms with van der Waals surface area (Å²) in [7, 11) is 0. The normalized spacial score (nSPS) is 41.8. The van der Waals surface area contributed by atoms with Crippen molar-refractivity contribution in [3.63, 3.8) is 0 Å². The summed E-state index contributed by atoms with van der Waals surface area (Å²) in [6, 6.07) is 0. The molecule has 2 atom stereocenters. The van der Waals surface area contributed by atoms with Gasteiger partial charge in [-0.1, -0.05) is 19.3 Å². The Morgan fingerprint density at radius 3 is 2.53 bits per heavy atom. The molecule has 0 bridgehead atoms. The van der Waals surface area contributed by atoms with Crippen molar-refractivity contribution >= 4 is 0 Å². The molecule has 0 aromatic carbocycles. The van der Waals surface area contributed by atoms with E-state index in [0.29, 0.717) is 12.5 Å². The fraction of sp³-hybridized carbons (Fsp3) is 1.00. The molecule has 3 heteroatoms. The van der Waals surface area contributed by atoms with Crippen LogP contribution < -0.4 is 0 Å². The predicted octanol–water partition coefficient (Wildman–Crippen LogP) is 2.27. The smallest absolute Gasteiger partial charge is 0.0931 e. The second-order valence-corrected chi connectivity index (χ2v) is 6.19. The first-order valence-corrected chi connectivity index (χ1v) is 7.17. The fourth-order valence-corrected chi connectivity index (χ4v) is 3.92. The predicted molar refractivity (Wildman–Crippen MR) is 64.9 cm³/mol. The van der Waals surface area contributed by atoms with E-state index in [1.165, 1.54) is 32.1 Å². The standard InChI is InChI=1S/C14H24O3/c15-14(7-9-16-11-14)12-4-8-17-13(10-12)5-2-1-3-6-13/h12,15H,1-11H2. The molecule has 0 amide bonds. The van der Waals surface area contributed by atoms with Crippen molar-refractivity contribution in [3.05, 3.63) is 0 Å². The Kier molecular flexibility index (Phi) is 3.18. The molecule has 1 aliphatic carbocycles. The van der Waals surface area contributed by atoms with E-state index in [2.05, 4.69) is 0 Å². The van der Waals surface area contributed by atoms with Crippen molar-refractivity contribution < 1.29 is 14.6 Å². The van der Waals surface area contributed by atoms with Gasteiger partial charge in [0.2, 0.25) is 0 Å². The van der Waals surface area contributed by atoms with E-state index >= 15 is 0 Å². The minimum Gasteiger partial charge on any atom is -0.387 e. The summed E-state index contributed by atoms with van der Waals surface area (Å²) in [5.74, 6) is 0.386. The Bertz CT molecular complexity index is 259. The van der Waals surface area contributed by atoms with Crippen LogP contribution in [0.5, 0.6) is 0 Å². The lowest BCUT2D eigenvalue weighted by Crippen LogP contribution is -2.49. The van der Waals surface area contributed by atoms with Crippen LogP contribution in [-0.4, -0.2) is 36.1 Å². The second-order valence-electron chi connectivity index (χ2n) is 6.19. The first-order chi connectivity index (χ1) is 8.23. The highest BCUT2D eigenvalue weighted by Gasteiger charge is 2.47. The highest BCUT2D eigenvalue weighted by atomic mass is 16.5. The molecular weight excluding hydrogens is 216 g/mol. The molecule has 17 heavy (non-hydrogen) atoms. The molecule has 2 aliphatic heterocycles. The largest absolute Gasteiger partial charge is 0.387 e. The van der Waals surface area contributed by atoms with Crippen molar-refractivity contribution in [2.24, 2.45) is 5.92 Å². The summed E-state index contributed by atoms with van der Waals surface area (Å²) in [4.78, 5) is 0. The van der Waals surface area contributed by atoms with Gasteiger partial charge in [-0.05, 0) is 31.6 Å². The van der Waals surface area contributed by atoms with Crippen molar-refractivity contribution in [1.29, 1.82) is 0 Å². The summed E-state index contributed by atoms with van der Waals surface area (Å²) < 4.78 is 11.5. The Morgan fingerprint density at radius 1 is 1.00 bits per heavy atom. The van der Waals surface area contributed by atoms with Crippen LogP contribution in [0, 0.1) is 5.92 Å². The van der Waals surface area contributed by atoms with E-state index in [4.69, 9.17) is 9.47 Å². The first-order valence-electron chi connectivity index (χ1n) is 7.17. The van der Waals surface area contributed by atoms with Gasteiger partial charge >= 0.3 is 0 Å². The van der Waals surface area contributed by atoms with Gasteiger partial charge in [-0.15, -0.1) is 0 Å². The number of hydrogen-bond acceptors (Lipinski definition) is 3. The van der Waals surface area contributed by atoms with E-state index in [-0.39, 0.29) is 5.60 Å². The van der Waals surface area contributed by atoms with Crippen LogP contribution in [0.3, 0.4) is 0 Å². The molecule has 3 fully saturated rings. The molecule has 3 rings (SSSR count). The average Bonchev–Trinajstić information content (AvgIpc) is 2.79. The zero-order chi connectivity index (χ0) is 11.8. The van der Waals surface area contributed by atoms with Gasteiger partial charge in [-0.25, -0.2) is 0 Å². The molecule has 98 valence electrons. The van der Waals surface area contributed by atoms with Crippen molar-refractivity contribution in [2.45, 2.75) is 62.6 Å². The number of rotatable bonds is 1. The van der Waals surface area contributed by atoms with Gasteiger partial charge in [0, 0.05) is 19.6 Å². The molecule has 2 unspecified atom stereocenters. The lowest BCUT2D eigenvalue weighted by molar-refractivity contribution is -0.155. The Balaban J connectivity index is 1.70. The van der Waals surface area contributed by atoms with E-state index in [1.807, 2.05) is 0 Å². The molecular formula is C14H24O3. The fourth-order valence-electron chi connectivity index (χ4n) is 3.92. The quantitative estimate of drug-likeness (QED) is 0.764. The molecule has 3 aliphatic rings. The van der Waals surface area contributed by atoms with Crippen LogP contribution in [0.15, 0.2) is 0 Å². The second kappa shape index (κ2) is 4.52. The van der Waals surface area contributed by atoms with Gasteiger partial charge in [0.15, 0.2) is 0 Å². The Hall–Kier alpha value is -0.120. The molecule has 2 heterocycles. The number of hydrogen-bond donors (Lipinski definition) is 1. The third-order valence-electron chi connectivity index (χ3n) is 5.05. The monoisotopic (exact) mass is 240 g/mol. The van der Waals surface area contributed by atoms with Crippen molar-refractivity contribution in [2.75, 3.05) is 19.8 Å². The molecule has 0 aromatic heterocycles. The summed E-state index contributed by atoms with van der Waals surface area (Å²) in [6.07, 6.45) is 9.19. The van der Waals surface area contributed by atoms with Crippen molar-refractivity contribution in [3.8, 4) is 0 Å². The van der Waals surface area contributed by atoms with Crippen LogP contribution in [0.25, 0.3) is 0 Å². The summed E-state index contributed by atoms with van der Waals surface area (Å²) in [5, 5.41) is 10.6. The minimum absolute atomic E-state index is 0.0967. The summed E-state index contributed by atoms with van der Waals surface area (Å²) >= 11 is 0. The summed E-state index contributed by atoms with van der Waals surface area (Å²) in [6.45, 7) is 2.08. The van der Waals surface area contributed by atoms with E-state index in [0.717, 1.165) is 32.5 Å². The van der Waals surface area contributed by atoms with Gasteiger partial charge in [0.25, 0.3) is 0 Å². The van der Waals surface area contributed by atoms with Crippen LogP contribution in [-0.2, 0) is 9.47 Å². The third kappa shape index (κ3) is 2.25. The van der Waals surface area contributed by atoms with E-state index in [9.17, 15) is 5.11 Å². The van der Waals surface area contributed by atoms with Gasteiger partial charge in [0.1, 0.15) is 0 Å². The van der Waals surface area contributed by atoms with Gasteiger partial charge in [0.05, 0.1) is 17.8 Å². The Morgan fingerprint density at radius 2 is 1.82 bits per heavy atom. The highest BCUT2D eigenvalue weighted by Crippen LogP contribution is 2.45. The maximum atomic E-state index is 10.6. The molecule has 1 N–H and O–H groups in total. The number of aliphatic hydroxyl groups is 1. The lowest BCUT2D eigenvalue weighted by atomic mass is 9.70. The Labute approximate surface area is 103 Å². The zero-order valence-corrected chi connectivity index (χ0v) is 10.6. The molecule has 1 spiro atoms. The van der Waals surface area contributed by atoms with E-state index < -0.39 is 5.60 Å². The highest BCUT2D eigenvalue weighted by molar-refractivity contribution is 4.98. The molecule has 3 nitrogen and oxygen atoms in total. The third-order valence-corrected chi connectivity index (χ3v) is 5.05. The van der Waals surface area contributed by atoms with Gasteiger partial charge in [-0.3, -0.25) is 0 Å². The maximum Gasteiger partial charge on any atom is 0.0931 e. The van der Waals surface area contributed by atoms with Crippen LogP contribution in [0.4, 0.5) is 0 Å². The first kappa shape index (κ1) is 11.9. The lowest BCUT2D eigenvalue weighted by Gasteiger charge is -2.47. The van der Waals surface area contributed by atoms with Crippen LogP contribution in [0.2, 0.25) is 0 Å². The zero-order valence-electron chi connectivity index (χ0n) is 10.6. The molecule has 2 saturated heterocycles. The topological polar surface area (TPSA) is 38.7 Å². The van der Waals surface area contributed by atoms with Crippen molar-refractivity contribution in [1.82, 2.24) is 0 Å². The SMILES string of the molecule is OC1(C2CCOC3(CCCCC3)C2)CCOC1. The molecule has 1 saturated carbocycles. The van der Waals surface area contributed by atoms with Gasteiger partial charge < -0.3 is 14.6 Å². The van der Waals surface area contributed by atoms with Crippen LogP contribution >= 0.6 is 0 Å². The molecule has 0 aromatic rings. The minimum atomic E-state index is -0.561. The molecule has 0 radical (unpaired) electrons. The maximum absolute atomic E-state index is 10.6. The summed E-state index contributed by atoms with van der Waals surface area (Å²) in [5.41, 5.74) is -0.465. The van der Waals surface area contributed by atoms with E-state index in [1.54, 1.807) is 0 Å². The average molecular weight is 240 g/mol.